The first-order valence-corrected chi connectivity index (χ1v) is 9.95. The monoisotopic (exact) mass is 400 g/mol. The Morgan fingerprint density at radius 1 is 0.964 bits per heavy atom. The molecule has 0 fully saturated rings. The van der Waals surface area contributed by atoms with E-state index in [4.69, 9.17) is 11.6 Å². The molecule has 0 aliphatic rings. The zero-order valence-corrected chi connectivity index (χ0v) is 18.0. The molecule has 0 saturated carbocycles. The molecule has 2 amide bonds. The topological polar surface area (TPSA) is 49.4 Å². The quantitative estimate of drug-likeness (QED) is 0.746. The third-order valence-electron chi connectivity index (χ3n) is 4.50. The molecule has 0 unspecified atom stereocenters. The third kappa shape index (κ3) is 6.38. The summed E-state index contributed by atoms with van der Waals surface area (Å²) < 4.78 is 0. The number of benzene rings is 2. The standard InChI is InChI=1S/C23H29ClN2O2/c1-15(2)25-23(28)18(5)26(14-19-6-8-21(24)9-7-19)22(27)13-20-11-16(3)10-17(4)12-20/h6-12,15,18H,13-14H2,1-5H3,(H,25,28)/t18-/m1/s1. The minimum Gasteiger partial charge on any atom is -0.352 e. The van der Waals surface area contributed by atoms with Crippen molar-refractivity contribution in [1.29, 1.82) is 0 Å². The molecular weight excluding hydrogens is 372 g/mol. The highest BCUT2D eigenvalue weighted by Crippen LogP contribution is 2.16. The summed E-state index contributed by atoms with van der Waals surface area (Å²) in [6.07, 6.45) is 0.259. The molecule has 0 bridgehead atoms. The van der Waals surface area contributed by atoms with Crippen LogP contribution in [0.1, 0.15) is 43.0 Å². The molecule has 0 aromatic heterocycles. The van der Waals surface area contributed by atoms with Crippen molar-refractivity contribution < 1.29 is 9.59 Å². The van der Waals surface area contributed by atoms with Crippen LogP contribution in [-0.4, -0.2) is 28.8 Å². The lowest BCUT2D eigenvalue weighted by atomic mass is 10.0. The average molecular weight is 401 g/mol. The van der Waals surface area contributed by atoms with Crippen LogP contribution in [0.2, 0.25) is 5.02 Å². The summed E-state index contributed by atoms with van der Waals surface area (Å²) in [4.78, 5) is 27.4. The first-order valence-electron chi connectivity index (χ1n) is 9.57. The Morgan fingerprint density at radius 2 is 1.54 bits per heavy atom. The third-order valence-corrected chi connectivity index (χ3v) is 4.75. The van der Waals surface area contributed by atoms with Gasteiger partial charge in [-0.05, 0) is 57.9 Å². The smallest absolute Gasteiger partial charge is 0.242 e. The van der Waals surface area contributed by atoms with E-state index in [1.165, 1.54) is 0 Å². The lowest BCUT2D eigenvalue weighted by molar-refractivity contribution is -0.140. The molecule has 150 valence electrons. The Bertz CT molecular complexity index is 811. The Balaban J connectivity index is 2.25. The highest BCUT2D eigenvalue weighted by Gasteiger charge is 2.26. The highest BCUT2D eigenvalue weighted by molar-refractivity contribution is 6.30. The summed E-state index contributed by atoms with van der Waals surface area (Å²) in [5.41, 5.74) is 4.14. The lowest BCUT2D eigenvalue weighted by Gasteiger charge is -2.29. The Labute approximate surface area is 172 Å². The molecule has 2 rings (SSSR count). The number of halogens is 1. The molecule has 0 spiro atoms. The second-order valence-electron chi connectivity index (χ2n) is 7.66. The van der Waals surface area contributed by atoms with E-state index in [-0.39, 0.29) is 24.3 Å². The fraction of sp³-hybridized carbons (Fsp3) is 0.391. The van der Waals surface area contributed by atoms with E-state index in [0.29, 0.717) is 11.6 Å². The molecular formula is C23H29ClN2O2. The van der Waals surface area contributed by atoms with Gasteiger partial charge in [0.05, 0.1) is 6.42 Å². The van der Waals surface area contributed by atoms with Crippen molar-refractivity contribution in [2.24, 2.45) is 0 Å². The van der Waals surface area contributed by atoms with Crippen LogP contribution in [0.25, 0.3) is 0 Å². The van der Waals surface area contributed by atoms with Gasteiger partial charge in [-0.15, -0.1) is 0 Å². The molecule has 0 radical (unpaired) electrons. The fourth-order valence-electron chi connectivity index (χ4n) is 3.22. The zero-order valence-electron chi connectivity index (χ0n) is 17.3. The number of nitrogens with one attached hydrogen (secondary N) is 1. The normalized spacial score (nSPS) is 12.0. The summed E-state index contributed by atoms with van der Waals surface area (Å²) in [6.45, 7) is 9.98. The molecule has 0 heterocycles. The number of aryl methyl sites for hydroxylation is 2. The Kier molecular flexibility index (Phi) is 7.64. The predicted octanol–water partition coefficient (Wildman–Crippen LogP) is 4.44. The maximum Gasteiger partial charge on any atom is 0.242 e. The van der Waals surface area contributed by atoms with Gasteiger partial charge in [0.1, 0.15) is 6.04 Å². The number of hydrogen-bond acceptors (Lipinski definition) is 2. The van der Waals surface area contributed by atoms with Gasteiger partial charge in [0.15, 0.2) is 0 Å². The van der Waals surface area contributed by atoms with Crippen molar-refractivity contribution in [3.05, 3.63) is 69.7 Å². The van der Waals surface area contributed by atoms with Crippen LogP contribution in [0, 0.1) is 13.8 Å². The van der Waals surface area contributed by atoms with Crippen molar-refractivity contribution in [3.8, 4) is 0 Å². The number of rotatable bonds is 7. The fourth-order valence-corrected chi connectivity index (χ4v) is 3.35. The molecule has 28 heavy (non-hydrogen) atoms. The maximum atomic E-state index is 13.2. The van der Waals surface area contributed by atoms with Crippen LogP contribution in [-0.2, 0) is 22.6 Å². The van der Waals surface area contributed by atoms with Crippen molar-refractivity contribution in [2.75, 3.05) is 0 Å². The van der Waals surface area contributed by atoms with Crippen LogP contribution >= 0.6 is 11.6 Å². The molecule has 4 nitrogen and oxygen atoms in total. The second kappa shape index (κ2) is 9.74. The summed E-state index contributed by atoms with van der Waals surface area (Å²) in [5.74, 6) is -0.232. The number of hydrogen-bond donors (Lipinski definition) is 1. The Hall–Kier alpha value is -2.33. The Morgan fingerprint density at radius 3 is 2.07 bits per heavy atom. The molecule has 0 aliphatic carbocycles. The number of carbonyl (C=O) groups excluding carboxylic acids is 2. The minimum absolute atomic E-state index is 0.0156. The van der Waals surface area contributed by atoms with Crippen molar-refractivity contribution in [1.82, 2.24) is 10.2 Å². The lowest BCUT2D eigenvalue weighted by Crippen LogP contribution is -2.49. The predicted molar refractivity (Wildman–Crippen MR) is 114 cm³/mol. The first kappa shape index (κ1) is 22.0. The average Bonchev–Trinajstić information content (AvgIpc) is 2.59. The van der Waals surface area contributed by atoms with E-state index in [1.807, 2.05) is 52.0 Å². The highest BCUT2D eigenvalue weighted by atomic mass is 35.5. The molecule has 0 aliphatic heterocycles. The largest absolute Gasteiger partial charge is 0.352 e. The van der Waals surface area contributed by atoms with Gasteiger partial charge in [0, 0.05) is 17.6 Å². The number of nitrogens with zero attached hydrogens (tertiary/aromatic N) is 1. The van der Waals surface area contributed by atoms with Crippen LogP contribution < -0.4 is 5.32 Å². The van der Waals surface area contributed by atoms with Crippen molar-refractivity contribution in [3.63, 3.8) is 0 Å². The van der Waals surface area contributed by atoms with Gasteiger partial charge < -0.3 is 10.2 Å². The second-order valence-corrected chi connectivity index (χ2v) is 8.10. The minimum atomic E-state index is -0.573. The summed E-state index contributed by atoms with van der Waals surface area (Å²) in [5, 5.41) is 3.54. The first-order chi connectivity index (χ1) is 13.2. The van der Waals surface area contributed by atoms with E-state index in [0.717, 1.165) is 22.3 Å². The molecule has 5 heteroatoms. The molecule has 2 aromatic carbocycles. The van der Waals surface area contributed by atoms with Gasteiger partial charge in [0.25, 0.3) is 0 Å². The molecule has 1 N–H and O–H groups in total. The molecule has 0 saturated heterocycles. The summed E-state index contributed by atoms with van der Waals surface area (Å²) >= 11 is 5.97. The molecule has 2 aromatic rings. The van der Waals surface area contributed by atoms with E-state index in [9.17, 15) is 9.59 Å². The maximum absolute atomic E-state index is 13.2. The zero-order chi connectivity index (χ0) is 20.8. The van der Waals surface area contributed by atoms with Crippen LogP contribution in [0.15, 0.2) is 42.5 Å². The van der Waals surface area contributed by atoms with Gasteiger partial charge >= 0.3 is 0 Å². The van der Waals surface area contributed by atoms with E-state index in [1.54, 1.807) is 24.0 Å². The summed E-state index contributed by atoms with van der Waals surface area (Å²) in [7, 11) is 0. The van der Waals surface area contributed by atoms with Gasteiger partial charge in [-0.25, -0.2) is 0 Å². The SMILES string of the molecule is Cc1cc(C)cc(CC(=O)N(Cc2ccc(Cl)cc2)[C@H](C)C(=O)NC(C)C)c1. The van der Waals surface area contributed by atoms with E-state index in [2.05, 4.69) is 11.4 Å². The van der Waals surface area contributed by atoms with Gasteiger partial charge in [-0.3, -0.25) is 9.59 Å². The van der Waals surface area contributed by atoms with Crippen molar-refractivity contribution >= 4 is 23.4 Å². The number of amides is 2. The van der Waals surface area contributed by atoms with Gasteiger partial charge in [-0.2, -0.15) is 0 Å². The van der Waals surface area contributed by atoms with Crippen LogP contribution in [0.4, 0.5) is 0 Å². The van der Waals surface area contributed by atoms with Crippen LogP contribution in [0.5, 0.6) is 0 Å². The van der Waals surface area contributed by atoms with Crippen molar-refractivity contribution in [2.45, 2.75) is 59.7 Å². The molecule has 1 atom stereocenters. The van der Waals surface area contributed by atoms with Gasteiger partial charge in [-0.1, -0.05) is 53.1 Å². The summed E-state index contributed by atoms with van der Waals surface area (Å²) in [6, 6.07) is 12.9. The number of carbonyl (C=O) groups is 2. The van der Waals surface area contributed by atoms with Gasteiger partial charge in [0.2, 0.25) is 11.8 Å². The van der Waals surface area contributed by atoms with E-state index < -0.39 is 6.04 Å². The van der Waals surface area contributed by atoms with Crippen LogP contribution in [0.3, 0.4) is 0 Å². The van der Waals surface area contributed by atoms with E-state index >= 15 is 0 Å².